The number of carbonyl (C=O) groups is 2. The van der Waals surface area contributed by atoms with Crippen molar-refractivity contribution in [2.24, 2.45) is 0 Å². The second kappa shape index (κ2) is 8.90. The van der Waals surface area contributed by atoms with Crippen LogP contribution in [0.15, 0.2) is 24.3 Å². The van der Waals surface area contributed by atoms with Crippen LogP contribution in [0.3, 0.4) is 0 Å². The molecule has 2 N–H and O–H groups in total. The van der Waals surface area contributed by atoms with Gasteiger partial charge in [0.1, 0.15) is 5.82 Å². The van der Waals surface area contributed by atoms with Crippen LogP contribution in [0.1, 0.15) is 18.9 Å². The zero-order valence-corrected chi connectivity index (χ0v) is 11.4. The van der Waals surface area contributed by atoms with Crippen LogP contribution in [0.5, 0.6) is 0 Å². The van der Waals surface area contributed by atoms with Gasteiger partial charge in [-0.25, -0.2) is 9.18 Å². The molecule has 5 nitrogen and oxygen atoms in total. The van der Waals surface area contributed by atoms with E-state index in [-0.39, 0.29) is 30.8 Å². The Morgan fingerprint density at radius 1 is 1.25 bits per heavy atom. The van der Waals surface area contributed by atoms with Crippen LogP contribution in [0, 0.1) is 5.82 Å². The van der Waals surface area contributed by atoms with Crippen molar-refractivity contribution in [1.82, 2.24) is 10.6 Å². The monoisotopic (exact) mass is 282 g/mol. The van der Waals surface area contributed by atoms with Crippen molar-refractivity contribution in [3.63, 3.8) is 0 Å². The maximum atomic E-state index is 12.9. The van der Waals surface area contributed by atoms with E-state index in [2.05, 4.69) is 10.6 Å². The summed E-state index contributed by atoms with van der Waals surface area (Å²) in [6.07, 6.45) is 0.689. The summed E-state index contributed by atoms with van der Waals surface area (Å²) in [5.41, 5.74) is 0.817. The third-order valence-corrected chi connectivity index (χ3v) is 2.51. The standard InChI is InChI=1S/C14H19FN2O3/c1-2-20-13(18)7-9-17-14(19)16-8-6-11-4-3-5-12(15)10-11/h3-5,10H,2,6-9H2,1H3,(H2,16,17,19). The summed E-state index contributed by atoms with van der Waals surface area (Å²) < 4.78 is 17.6. The summed E-state index contributed by atoms with van der Waals surface area (Å²) in [4.78, 5) is 22.4. The minimum Gasteiger partial charge on any atom is -0.466 e. The molecular weight excluding hydrogens is 263 g/mol. The van der Waals surface area contributed by atoms with Gasteiger partial charge in [0.15, 0.2) is 0 Å². The van der Waals surface area contributed by atoms with E-state index in [1.165, 1.54) is 12.1 Å². The number of hydrogen-bond acceptors (Lipinski definition) is 3. The maximum Gasteiger partial charge on any atom is 0.314 e. The van der Waals surface area contributed by atoms with Gasteiger partial charge < -0.3 is 15.4 Å². The van der Waals surface area contributed by atoms with Gasteiger partial charge in [0.2, 0.25) is 0 Å². The van der Waals surface area contributed by atoms with Crippen molar-refractivity contribution in [3.8, 4) is 0 Å². The molecule has 0 saturated carbocycles. The topological polar surface area (TPSA) is 67.4 Å². The lowest BCUT2D eigenvalue weighted by molar-refractivity contribution is -0.142. The Hall–Kier alpha value is -2.11. The fourth-order valence-electron chi connectivity index (χ4n) is 1.59. The lowest BCUT2D eigenvalue weighted by Crippen LogP contribution is -2.37. The molecule has 0 aliphatic heterocycles. The summed E-state index contributed by atoms with van der Waals surface area (Å²) in [5.74, 6) is -0.631. The van der Waals surface area contributed by atoms with Crippen molar-refractivity contribution in [2.45, 2.75) is 19.8 Å². The van der Waals surface area contributed by atoms with Gasteiger partial charge in [0.05, 0.1) is 13.0 Å². The molecule has 1 aromatic carbocycles. The third kappa shape index (κ3) is 6.72. The fraction of sp³-hybridized carbons (Fsp3) is 0.429. The molecule has 1 rings (SSSR count). The molecule has 0 radical (unpaired) electrons. The van der Waals surface area contributed by atoms with Gasteiger partial charge >= 0.3 is 12.0 Å². The first-order valence-electron chi connectivity index (χ1n) is 6.53. The molecule has 0 fully saturated rings. The van der Waals surface area contributed by atoms with Gasteiger partial charge in [-0.3, -0.25) is 4.79 Å². The van der Waals surface area contributed by atoms with Gasteiger partial charge in [-0.15, -0.1) is 0 Å². The second-order valence-corrected chi connectivity index (χ2v) is 4.12. The molecule has 0 saturated heterocycles. The Balaban J connectivity index is 2.13. The molecule has 0 bridgehead atoms. The first-order valence-corrected chi connectivity index (χ1v) is 6.53. The normalized spacial score (nSPS) is 9.90. The molecule has 0 spiro atoms. The van der Waals surface area contributed by atoms with Gasteiger partial charge in [-0.1, -0.05) is 12.1 Å². The summed E-state index contributed by atoms with van der Waals surface area (Å²) in [7, 11) is 0. The first-order chi connectivity index (χ1) is 9.61. The Morgan fingerprint density at radius 3 is 2.70 bits per heavy atom. The van der Waals surface area contributed by atoms with Crippen molar-refractivity contribution in [3.05, 3.63) is 35.6 Å². The van der Waals surface area contributed by atoms with Gasteiger partial charge in [0.25, 0.3) is 0 Å². The van der Waals surface area contributed by atoms with Gasteiger partial charge in [-0.05, 0) is 31.0 Å². The van der Waals surface area contributed by atoms with E-state index in [4.69, 9.17) is 4.74 Å². The van der Waals surface area contributed by atoms with Crippen LogP contribution < -0.4 is 10.6 Å². The number of rotatable bonds is 7. The number of hydrogen-bond donors (Lipinski definition) is 2. The molecule has 20 heavy (non-hydrogen) atoms. The molecule has 2 amide bonds. The zero-order chi connectivity index (χ0) is 14.8. The van der Waals surface area contributed by atoms with Crippen LogP contribution in [0.4, 0.5) is 9.18 Å². The third-order valence-electron chi connectivity index (χ3n) is 2.51. The summed E-state index contributed by atoms with van der Waals surface area (Å²) in [6.45, 7) is 2.68. The SMILES string of the molecule is CCOC(=O)CCNC(=O)NCCc1cccc(F)c1. The highest BCUT2D eigenvalue weighted by Crippen LogP contribution is 2.03. The van der Waals surface area contributed by atoms with E-state index >= 15 is 0 Å². The molecule has 1 aromatic rings. The van der Waals surface area contributed by atoms with Gasteiger partial charge in [-0.2, -0.15) is 0 Å². The molecule has 0 aromatic heterocycles. The minimum atomic E-state index is -0.356. The van der Waals surface area contributed by atoms with E-state index < -0.39 is 0 Å². The quantitative estimate of drug-likeness (QED) is 0.747. The summed E-state index contributed by atoms with van der Waals surface area (Å²) in [6, 6.07) is 5.87. The lowest BCUT2D eigenvalue weighted by Gasteiger charge is -2.07. The highest BCUT2D eigenvalue weighted by molar-refractivity contribution is 5.75. The number of carbonyl (C=O) groups excluding carboxylic acids is 2. The smallest absolute Gasteiger partial charge is 0.314 e. The Morgan fingerprint density at radius 2 is 2.00 bits per heavy atom. The number of nitrogens with one attached hydrogen (secondary N) is 2. The molecule has 0 heterocycles. The van der Waals surface area contributed by atoms with Crippen molar-refractivity contribution < 1.29 is 18.7 Å². The number of halogens is 1. The Bertz CT molecular complexity index is 452. The minimum absolute atomic E-state index is 0.144. The molecular formula is C14H19FN2O3. The molecule has 6 heteroatoms. The van der Waals surface area contributed by atoms with E-state index in [0.29, 0.717) is 19.6 Å². The van der Waals surface area contributed by atoms with Crippen LogP contribution in [-0.2, 0) is 16.0 Å². The lowest BCUT2D eigenvalue weighted by atomic mass is 10.1. The molecule has 110 valence electrons. The number of ether oxygens (including phenoxy) is 1. The largest absolute Gasteiger partial charge is 0.466 e. The average molecular weight is 282 g/mol. The average Bonchev–Trinajstić information content (AvgIpc) is 2.39. The predicted octanol–water partition coefficient (Wildman–Crippen LogP) is 1.62. The highest BCUT2D eigenvalue weighted by Gasteiger charge is 2.04. The Labute approximate surface area is 117 Å². The highest BCUT2D eigenvalue weighted by atomic mass is 19.1. The van der Waals surface area contributed by atoms with E-state index in [0.717, 1.165) is 5.56 Å². The maximum absolute atomic E-state index is 12.9. The molecule has 0 aliphatic rings. The fourth-order valence-corrected chi connectivity index (χ4v) is 1.59. The summed E-state index contributed by atoms with van der Waals surface area (Å²) in [5, 5.41) is 5.18. The Kier molecular flexibility index (Phi) is 7.10. The van der Waals surface area contributed by atoms with Gasteiger partial charge in [0, 0.05) is 13.1 Å². The zero-order valence-electron chi connectivity index (χ0n) is 11.4. The van der Waals surface area contributed by atoms with Crippen molar-refractivity contribution in [1.29, 1.82) is 0 Å². The number of esters is 1. The van der Waals surface area contributed by atoms with Crippen LogP contribution in [-0.4, -0.2) is 31.7 Å². The first kappa shape index (κ1) is 15.9. The van der Waals surface area contributed by atoms with Crippen molar-refractivity contribution >= 4 is 12.0 Å². The van der Waals surface area contributed by atoms with E-state index in [1.807, 2.05) is 0 Å². The van der Waals surface area contributed by atoms with Crippen molar-refractivity contribution in [2.75, 3.05) is 19.7 Å². The van der Waals surface area contributed by atoms with Crippen LogP contribution >= 0.6 is 0 Å². The molecule has 0 atom stereocenters. The van der Waals surface area contributed by atoms with E-state index in [9.17, 15) is 14.0 Å². The molecule has 0 aliphatic carbocycles. The number of urea groups is 1. The summed E-state index contributed by atoms with van der Waals surface area (Å²) >= 11 is 0. The van der Waals surface area contributed by atoms with E-state index in [1.54, 1.807) is 19.1 Å². The van der Waals surface area contributed by atoms with Crippen LogP contribution in [0.2, 0.25) is 0 Å². The number of benzene rings is 1. The predicted molar refractivity (Wildman–Crippen MR) is 72.8 cm³/mol. The van der Waals surface area contributed by atoms with Crippen LogP contribution in [0.25, 0.3) is 0 Å². The second-order valence-electron chi connectivity index (χ2n) is 4.12. The molecule has 0 unspecified atom stereocenters. The number of amides is 2.